The van der Waals surface area contributed by atoms with Crippen molar-refractivity contribution in [3.05, 3.63) is 42.2 Å². The summed E-state index contributed by atoms with van der Waals surface area (Å²) in [4.78, 5) is 2.30. The lowest BCUT2D eigenvalue weighted by Crippen LogP contribution is -2.45. The minimum absolute atomic E-state index is 0. The second-order valence-electron chi connectivity index (χ2n) is 4.71. The van der Waals surface area contributed by atoms with Crippen molar-refractivity contribution in [1.29, 1.82) is 0 Å². The minimum Gasteiger partial charge on any atom is -0.497 e. The molecule has 1 aliphatic rings. The summed E-state index contributed by atoms with van der Waals surface area (Å²) in [5.41, 5.74) is 0.696. The van der Waals surface area contributed by atoms with Crippen LogP contribution in [0.3, 0.4) is 0 Å². The Hall–Kier alpha value is -1.10. The number of halogens is 2. The molecule has 1 fully saturated rings. The smallest absolute Gasteiger partial charge is 0.128 e. The van der Waals surface area contributed by atoms with Crippen LogP contribution in [-0.4, -0.2) is 38.2 Å². The van der Waals surface area contributed by atoms with Gasteiger partial charge >= 0.3 is 0 Å². The van der Waals surface area contributed by atoms with Crippen LogP contribution < -0.4 is 10.1 Å². The predicted molar refractivity (Wildman–Crippen MR) is 82.2 cm³/mol. The second-order valence-corrected chi connectivity index (χ2v) is 4.71. The third kappa shape index (κ3) is 3.95. The van der Waals surface area contributed by atoms with Crippen LogP contribution in [0.5, 0.6) is 5.75 Å². The van der Waals surface area contributed by atoms with Crippen LogP contribution in [0.25, 0.3) is 0 Å². The molecule has 1 aromatic rings. The molecule has 112 valence electrons. The van der Waals surface area contributed by atoms with Crippen molar-refractivity contribution >= 4 is 12.4 Å². The zero-order chi connectivity index (χ0) is 13.7. The monoisotopic (exact) mass is 300 g/mol. The zero-order valence-corrected chi connectivity index (χ0v) is 12.6. The summed E-state index contributed by atoms with van der Waals surface area (Å²) in [5.74, 6) is 0.520. The average molecular weight is 301 g/mol. The molecule has 20 heavy (non-hydrogen) atoms. The number of nitrogens with zero attached hydrogens (tertiary/aromatic N) is 1. The number of methoxy groups -OCH3 is 1. The predicted octanol–water partition coefficient (Wildman–Crippen LogP) is 2.78. The van der Waals surface area contributed by atoms with E-state index < -0.39 is 0 Å². The fraction of sp³-hybridized carbons (Fsp3) is 0.467. The lowest BCUT2D eigenvalue weighted by Gasteiger charge is -2.35. The lowest BCUT2D eigenvalue weighted by molar-refractivity contribution is 0.171. The van der Waals surface area contributed by atoms with Crippen molar-refractivity contribution in [2.24, 2.45) is 0 Å². The molecule has 3 nitrogen and oxygen atoms in total. The highest BCUT2D eigenvalue weighted by Gasteiger charge is 2.23. The molecule has 0 aromatic heterocycles. The summed E-state index contributed by atoms with van der Waals surface area (Å²) in [5, 5.41) is 3.31. The zero-order valence-electron chi connectivity index (χ0n) is 11.8. The first kappa shape index (κ1) is 17.0. The highest BCUT2D eigenvalue weighted by Crippen LogP contribution is 2.30. The number of hydrogen-bond donors (Lipinski definition) is 1. The van der Waals surface area contributed by atoms with Crippen molar-refractivity contribution in [2.75, 3.05) is 33.3 Å². The van der Waals surface area contributed by atoms with Crippen LogP contribution in [0.4, 0.5) is 4.39 Å². The van der Waals surface area contributed by atoms with E-state index in [0.29, 0.717) is 11.3 Å². The van der Waals surface area contributed by atoms with E-state index in [1.807, 2.05) is 6.08 Å². The Balaban J connectivity index is 0.00000200. The van der Waals surface area contributed by atoms with Crippen molar-refractivity contribution in [3.63, 3.8) is 0 Å². The second kappa shape index (κ2) is 8.25. The fourth-order valence-electron chi connectivity index (χ4n) is 2.53. The molecule has 1 N–H and O–H groups in total. The Bertz CT molecular complexity index is 436. The highest BCUT2D eigenvalue weighted by molar-refractivity contribution is 5.85. The summed E-state index contributed by atoms with van der Waals surface area (Å²) < 4.78 is 19.3. The van der Waals surface area contributed by atoms with E-state index in [2.05, 4.69) is 16.8 Å². The first-order valence-electron chi connectivity index (χ1n) is 6.65. The molecule has 0 radical (unpaired) electrons. The molecule has 0 unspecified atom stereocenters. The average Bonchev–Trinajstić information content (AvgIpc) is 2.47. The van der Waals surface area contributed by atoms with Gasteiger partial charge in [-0.3, -0.25) is 4.90 Å². The maximum absolute atomic E-state index is 14.1. The molecule has 0 spiro atoms. The Kier molecular flexibility index (Phi) is 6.99. The molecule has 0 amide bonds. The first-order chi connectivity index (χ1) is 9.26. The number of nitrogens with one attached hydrogen (secondary N) is 1. The summed E-state index contributed by atoms with van der Waals surface area (Å²) >= 11 is 0. The van der Waals surface area contributed by atoms with Crippen LogP contribution >= 0.6 is 12.4 Å². The third-order valence-corrected chi connectivity index (χ3v) is 3.54. The largest absolute Gasteiger partial charge is 0.497 e. The minimum atomic E-state index is -0.175. The van der Waals surface area contributed by atoms with Gasteiger partial charge in [-0.05, 0) is 24.6 Å². The van der Waals surface area contributed by atoms with Gasteiger partial charge in [0.25, 0.3) is 0 Å². The van der Waals surface area contributed by atoms with E-state index >= 15 is 0 Å². The van der Waals surface area contributed by atoms with Crippen LogP contribution in [0, 0.1) is 5.82 Å². The van der Waals surface area contributed by atoms with Gasteiger partial charge in [-0.1, -0.05) is 6.08 Å². The molecule has 2 rings (SSSR count). The van der Waals surface area contributed by atoms with Gasteiger partial charge in [0.2, 0.25) is 0 Å². The molecule has 5 heteroatoms. The topological polar surface area (TPSA) is 24.5 Å². The summed E-state index contributed by atoms with van der Waals surface area (Å²) in [7, 11) is 1.60. The maximum atomic E-state index is 14.1. The molecular weight excluding hydrogens is 279 g/mol. The van der Waals surface area contributed by atoms with E-state index in [9.17, 15) is 4.39 Å². The molecule has 0 saturated carbocycles. The van der Waals surface area contributed by atoms with E-state index in [4.69, 9.17) is 4.74 Å². The van der Waals surface area contributed by atoms with Crippen molar-refractivity contribution in [1.82, 2.24) is 10.2 Å². The van der Waals surface area contributed by atoms with Gasteiger partial charge in [-0.15, -0.1) is 19.0 Å². The van der Waals surface area contributed by atoms with Crippen molar-refractivity contribution in [3.8, 4) is 5.75 Å². The van der Waals surface area contributed by atoms with E-state index in [0.717, 1.165) is 32.6 Å². The number of hydrogen-bond acceptors (Lipinski definition) is 3. The van der Waals surface area contributed by atoms with Gasteiger partial charge in [0.1, 0.15) is 11.6 Å². The maximum Gasteiger partial charge on any atom is 0.128 e. The summed E-state index contributed by atoms with van der Waals surface area (Å²) in [6.07, 6.45) is 2.59. The molecule has 0 aliphatic carbocycles. The summed E-state index contributed by atoms with van der Waals surface area (Å²) in [6, 6.07) is 4.97. The molecular formula is C15H22ClFN2O. The quantitative estimate of drug-likeness (QED) is 0.846. The van der Waals surface area contributed by atoms with Crippen LogP contribution in [-0.2, 0) is 0 Å². The molecule has 1 atom stereocenters. The van der Waals surface area contributed by atoms with Gasteiger partial charge in [0, 0.05) is 37.8 Å². The molecule has 0 bridgehead atoms. The van der Waals surface area contributed by atoms with Gasteiger partial charge in [-0.25, -0.2) is 4.39 Å². The van der Waals surface area contributed by atoms with Gasteiger partial charge in [0.05, 0.1) is 7.11 Å². The molecule has 1 saturated heterocycles. The van der Waals surface area contributed by atoms with E-state index in [1.165, 1.54) is 6.07 Å². The normalized spacial score (nSPS) is 17.1. The summed E-state index contributed by atoms with van der Waals surface area (Å²) in [6.45, 7) is 7.54. The van der Waals surface area contributed by atoms with Gasteiger partial charge in [0.15, 0.2) is 0 Å². The molecule has 1 aliphatic heterocycles. The number of benzene rings is 1. The highest BCUT2D eigenvalue weighted by atomic mass is 35.5. The molecule has 1 aromatic carbocycles. The van der Waals surface area contributed by atoms with E-state index in [-0.39, 0.29) is 24.3 Å². The van der Waals surface area contributed by atoms with Crippen LogP contribution in [0.1, 0.15) is 18.0 Å². The number of rotatable bonds is 5. The number of ether oxygens (including phenoxy) is 1. The van der Waals surface area contributed by atoms with Crippen LogP contribution in [0.15, 0.2) is 30.9 Å². The van der Waals surface area contributed by atoms with Gasteiger partial charge in [-0.2, -0.15) is 0 Å². The van der Waals surface area contributed by atoms with Crippen molar-refractivity contribution < 1.29 is 9.13 Å². The number of piperazine rings is 1. The van der Waals surface area contributed by atoms with Crippen molar-refractivity contribution in [2.45, 2.75) is 12.5 Å². The SMILES string of the molecule is C=CC[C@H](c1cc(OC)ccc1F)N1CCNCC1.Cl. The Morgan fingerprint density at radius 3 is 2.75 bits per heavy atom. The van der Waals surface area contributed by atoms with Crippen LogP contribution in [0.2, 0.25) is 0 Å². The fourth-order valence-corrected chi connectivity index (χ4v) is 2.53. The third-order valence-electron chi connectivity index (χ3n) is 3.54. The Morgan fingerprint density at radius 2 is 2.15 bits per heavy atom. The Morgan fingerprint density at radius 1 is 1.45 bits per heavy atom. The first-order valence-corrected chi connectivity index (χ1v) is 6.65. The van der Waals surface area contributed by atoms with E-state index in [1.54, 1.807) is 19.2 Å². The Labute approximate surface area is 126 Å². The standard InChI is InChI=1S/C15H21FN2O.ClH/c1-3-4-15(18-9-7-17-8-10-18)13-11-12(19-2)5-6-14(13)16;/h3,5-6,11,15,17H,1,4,7-10H2,2H3;1H/t15-;/m1./s1. The lowest BCUT2D eigenvalue weighted by atomic mass is 10.00. The van der Waals surface area contributed by atoms with Gasteiger partial charge < -0.3 is 10.1 Å². The molecule has 1 heterocycles.